The highest BCUT2D eigenvalue weighted by atomic mass is 35.5. The third kappa shape index (κ3) is 3.73. The number of nitrogens with zero attached hydrogens (tertiary/aromatic N) is 1. The number of amides is 2. The van der Waals surface area contributed by atoms with Crippen LogP contribution in [0.1, 0.15) is 31.7 Å². The molecule has 1 aromatic carbocycles. The highest BCUT2D eigenvalue weighted by Gasteiger charge is 2.31. The molecule has 6 heteroatoms. The van der Waals surface area contributed by atoms with Crippen LogP contribution in [0.5, 0.6) is 0 Å². The summed E-state index contributed by atoms with van der Waals surface area (Å²) in [6, 6.07) is 3.64. The lowest BCUT2D eigenvalue weighted by molar-refractivity contribution is -0.143. The third-order valence-corrected chi connectivity index (χ3v) is 4.03. The maximum atomic E-state index is 13.0. The first-order valence-electron chi connectivity index (χ1n) is 7.04. The van der Waals surface area contributed by atoms with E-state index in [0.29, 0.717) is 24.9 Å². The number of benzene rings is 1. The Morgan fingerprint density at radius 2 is 2.29 bits per heavy atom. The molecule has 0 saturated carbocycles. The van der Waals surface area contributed by atoms with Gasteiger partial charge in [0.15, 0.2) is 0 Å². The molecule has 1 atom stereocenters. The molecule has 0 aromatic heterocycles. The van der Waals surface area contributed by atoms with Gasteiger partial charge in [0.1, 0.15) is 11.9 Å². The fraction of sp³-hybridized carbons (Fsp3) is 0.467. The number of hydrogen-bond acceptors (Lipinski definition) is 2. The predicted molar refractivity (Wildman–Crippen MR) is 78.3 cm³/mol. The van der Waals surface area contributed by atoms with Crippen LogP contribution in [0.2, 0.25) is 5.02 Å². The van der Waals surface area contributed by atoms with Crippen molar-refractivity contribution in [3.63, 3.8) is 0 Å². The molecule has 0 aliphatic carbocycles. The van der Waals surface area contributed by atoms with Gasteiger partial charge >= 0.3 is 0 Å². The molecule has 2 amide bonds. The summed E-state index contributed by atoms with van der Waals surface area (Å²) in [4.78, 5) is 25.6. The molecule has 21 heavy (non-hydrogen) atoms. The summed E-state index contributed by atoms with van der Waals surface area (Å²) in [6.07, 6.45) is 1.90. The summed E-state index contributed by atoms with van der Waals surface area (Å²) in [7, 11) is 0. The van der Waals surface area contributed by atoms with E-state index in [0.717, 1.165) is 6.42 Å². The summed E-state index contributed by atoms with van der Waals surface area (Å²) in [5, 5.41) is 3.05. The molecule has 1 aliphatic rings. The fourth-order valence-corrected chi connectivity index (χ4v) is 2.79. The van der Waals surface area contributed by atoms with Crippen molar-refractivity contribution >= 4 is 23.4 Å². The molecular formula is C15H18ClFN2O2. The lowest BCUT2D eigenvalue weighted by atomic mass is 10.0. The van der Waals surface area contributed by atoms with E-state index in [1.807, 2.05) is 6.92 Å². The van der Waals surface area contributed by atoms with Crippen LogP contribution in [-0.2, 0) is 16.1 Å². The van der Waals surface area contributed by atoms with Gasteiger partial charge in [-0.05, 0) is 37.5 Å². The molecule has 1 N–H and O–H groups in total. The number of likely N-dealkylation sites (N-methyl/N-ethyl adjacent to an activating group) is 1. The average Bonchev–Trinajstić information content (AvgIpc) is 2.45. The quantitative estimate of drug-likeness (QED) is 0.928. The van der Waals surface area contributed by atoms with Gasteiger partial charge in [-0.3, -0.25) is 9.59 Å². The second-order valence-corrected chi connectivity index (χ2v) is 5.45. The van der Waals surface area contributed by atoms with E-state index in [1.165, 1.54) is 12.1 Å². The van der Waals surface area contributed by atoms with E-state index in [9.17, 15) is 14.0 Å². The van der Waals surface area contributed by atoms with Crippen molar-refractivity contribution < 1.29 is 14.0 Å². The summed E-state index contributed by atoms with van der Waals surface area (Å²) in [5.74, 6) is -0.584. The second kappa shape index (κ2) is 6.89. The summed E-state index contributed by atoms with van der Waals surface area (Å²) >= 11 is 5.92. The standard InChI is InChI=1S/C15H18ClFN2O2/c1-2-19-13(4-3-5-14(19)20)15(21)18-9-10-6-7-11(17)8-12(10)16/h6-8,13H,2-5,9H2,1H3,(H,18,21)/t13-/m0/s1. The number of carbonyl (C=O) groups is 2. The Labute approximate surface area is 128 Å². The van der Waals surface area contributed by atoms with Crippen LogP contribution in [0.4, 0.5) is 4.39 Å². The zero-order valence-corrected chi connectivity index (χ0v) is 12.6. The second-order valence-electron chi connectivity index (χ2n) is 5.04. The third-order valence-electron chi connectivity index (χ3n) is 3.68. The Morgan fingerprint density at radius 3 is 2.95 bits per heavy atom. The van der Waals surface area contributed by atoms with Crippen molar-refractivity contribution in [3.05, 3.63) is 34.6 Å². The molecule has 1 fully saturated rings. The highest BCUT2D eigenvalue weighted by Crippen LogP contribution is 2.19. The van der Waals surface area contributed by atoms with Crippen LogP contribution in [0.3, 0.4) is 0 Å². The van der Waals surface area contributed by atoms with E-state index in [-0.39, 0.29) is 23.4 Å². The number of nitrogens with one attached hydrogen (secondary N) is 1. The molecule has 0 spiro atoms. The largest absolute Gasteiger partial charge is 0.350 e. The summed E-state index contributed by atoms with van der Waals surface area (Å²) in [6.45, 7) is 2.61. The smallest absolute Gasteiger partial charge is 0.243 e. The Morgan fingerprint density at radius 1 is 1.52 bits per heavy atom. The van der Waals surface area contributed by atoms with Gasteiger partial charge in [-0.2, -0.15) is 0 Å². The number of halogens is 2. The molecule has 1 heterocycles. The van der Waals surface area contributed by atoms with Gasteiger partial charge in [0.2, 0.25) is 11.8 Å². The maximum absolute atomic E-state index is 13.0. The van der Waals surface area contributed by atoms with Crippen LogP contribution >= 0.6 is 11.6 Å². The van der Waals surface area contributed by atoms with E-state index in [2.05, 4.69) is 5.32 Å². The molecule has 114 valence electrons. The van der Waals surface area contributed by atoms with Crippen molar-refractivity contribution in [2.45, 2.75) is 38.8 Å². The van der Waals surface area contributed by atoms with Gasteiger partial charge in [-0.25, -0.2) is 4.39 Å². The van der Waals surface area contributed by atoms with Crippen LogP contribution in [0.15, 0.2) is 18.2 Å². The topological polar surface area (TPSA) is 49.4 Å². The Balaban J connectivity index is 1.99. The molecule has 2 rings (SSSR count). The van der Waals surface area contributed by atoms with Crippen molar-refractivity contribution in [2.75, 3.05) is 6.54 Å². The van der Waals surface area contributed by atoms with Gasteiger partial charge in [0.05, 0.1) is 0 Å². The normalized spacial score (nSPS) is 18.7. The van der Waals surface area contributed by atoms with Gasteiger partial charge < -0.3 is 10.2 Å². The summed E-state index contributed by atoms with van der Waals surface area (Å²) in [5.41, 5.74) is 0.650. The van der Waals surface area contributed by atoms with Gasteiger partial charge in [0.25, 0.3) is 0 Å². The maximum Gasteiger partial charge on any atom is 0.243 e. The molecule has 0 bridgehead atoms. The molecule has 0 radical (unpaired) electrons. The Bertz CT molecular complexity index is 550. The number of hydrogen-bond donors (Lipinski definition) is 1. The van der Waals surface area contributed by atoms with Crippen molar-refractivity contribution in [1.82, 2.24) is 10.2 Å². The highest BCUT2D eigenvalue weighted by molar-refractivity contribution is 6.31. The predicted octanol–water partition coefficient (Wildman–Crippen LogP) is 2.50. The van der Waals surface area contributed by atoms with Gasteiger partial charge in [-0.1, -0.05) is 17.7 Å². The fourth-order valence-electron chi connectivity index (χ4n) is 2.55. The van der Waals surface area contributed by atoms with E-state index >= 15 is 0 Å². The number of rotatable bonds is 4. The van der Waals surface area contributed by atoms with Crippen molar-refractivity contribution in [3.8, 4) is 0 Å². The van der Waals surface area contributed by atoms with Crippen LogP contribution < -0.4 is 5.32 Å². The van der Waals surface area contributed by atoms with E-state index in [4.69, 9.17) is 11.6 Å². The number of carbonyl (C=O) groups excluding carboxylic acids is 2. The molecule has 0 unspecified atom stereocenters. The molecule has 1 aliphatic heterocycles. The zero-order valence-electron chi connectivity index (χ0n) is 11.9. The van der Waals surface area contributed by atoms with Crippen LogP contribution in [0.25, 0.3) is 0 Å². The number of likely N-dealkylation sites (tertiary alicyclic amines) is 1. The molecule has 1 saturated heterocycles. The minimum absolute atomic E-state index is 0.0173. The van der Waals surface area contributed by atoms with E-state index < -0.39 is 11.9 Å². The van der Waals surface area contributed by atoms with Crippen LogP contribution in [0, 0.1) is 5.82 Å². The minimum atomic E-state index is -0.421. The monoisotopic (exact) mass is 312 g/mol. The first kappa shape index (κ1) is 15.8. The average molecular weight is 313 g/mol. The molecule has 1 aromatic rings. The van der Waals surface area contributed by atoms with E-state index in [1.54, 1.807) is 11.0 Å². The Hall–Kier alpha value is -1.62. The summed E-state index contributed by atoms with van der Waals surface area (Å²) < 4.78 is 13.0. The Kier molecular flexibility index (Phi) is 5.17. The van der Waals surface area contributed by atoms with Crippen molar-refractivity contribution in [2.24, 2.45) is 0 Å². The van der Waals surface area contributed by atoms with Gasteiger partial charge in [0, 0.05) is 24.5 Å². The molecule has 4 nitrogen and oxygen atoms in total. The number of piperidine rings is 1. The molecular weight excluding hydrogens is 295 g/mol. The van der Waals surface area contributed by atoms with Crippen LogP contribution in [-0.4, -0.2) is 29.3 Å². The lowest BCUT2D eigenvalue weighted by Crippen LogP contribution is -2.51. The lowest BCUT2D eigenvalue weighted by Gasteiger charge is -2.33. The van der Waals surface area contributed by atoms with Crippen molar-refractivity contribution in [1.29, 1.82) is 0 Å². The zero-order chi connectivity index (χ0) is 15.4. The first-order chi connectivity index (χ1) is 10.0. The first-order valence-corrected chi connectivity index (χ1v) is 7.41. The van der Waals surface area contributed by atoms with Gasteiger partial charge in [-0.15, -0.1) is 0 Å². The minimum Gasteiger partial charge on any atom is -0.350 e. The SMILES string of the molecule is CCN1C(=O)CCC[C@H]1C(=O)NCc1ccc(F)cc1Cl.